The molecule has 1 N–H and O–H groups in total. The molecule has 0 unspecified atom stereocenters. The van der Waals surface area contributed by atoms with E-state index in [1.165, 1.54) is 13.8 Å². The predicted octanol–water partition coefficient (Wildman–Crippen LogP) is 0.810. The van der Waals surface area contributed by atoms with Crippen molar-refractivity contribution in [3.63, 3.8) is 0 Å². The number of nitrogens with one attached hydrogen (secondary N) is 1. The van der Waals surface area contributed by atoms with Crippen LogP contribution in [0.5, 0.6) is 0 Å². The average molecular weight is 320 g/mol. The van der Waals surface area contributed by atoms with E-state index < -0.39 is 36.1 Å². The van der Waals surface area contributed by atoms with E-state index in [1.54, 1.807) is 6.07 Å². The maximum absolute atomic E-state index is 13.6. The number of sulfone groups is 1. The van der Waals surface area contributed by atoms with Gasteiger partial charge in [0.1, 0.15) is 16.3 Å². The van der Waals surface area contributed by atoms with E-state index in [4.69, 9.17) is 5.26 Å². The van der Waals surface area contributed by atoms with E-state index in [9.17, 15) is 21.2 Å². The third-order valence-corrected chi connectivity index (χ3v) is 5.07. The van der Waals surface area contributed by atoms with E-state index in [0.29, 0.717) is 0 Å². The first-order chi connectivity index (χ1) is 8.89. The minimum Gasteiger partial charge on any atom is -0.224 e. The lowest BCUT2D eigenvalue weighted by molar-refractivity contribution is 0.523. The molecular formula is C11H13FN2O4S2. The van der Waals surface area contributed by atoms with Crippen LogP contribution >= 0.6 is 0 Å². The second kappa shape index (κ2) is 5.12. The molecule has 0 fully saturated rings. The number of rotatable bonds is 4. The van der Waals surface area contributed by atoms with Crippen molar-refractivity contribution in [3.8, 4) is 6.07 Å². The summed E-state index contributed by atoms with van der Waals surface area (Å²) in [7, 11) is -8.03. The molecule has 0 aliphatic heterocycles. The highest BCUT2D eigenvalue weighted by atomic mass is 32.2. The first kappa shape index (κ1) is 16.6. The Morgan fingerprint density at radius 3 is 2.25 bits per heavy atom. The number of nitrogens with zero attached hydrogens (tertiary/aromatic N) is 1. The van der Waals surface area contributed by atoms with Gasteiger partial charge in [-0.3, -0.25) is 0 Å². The van der Waals surface area contributed by atoms with Crippen molar-refractivity contribution >= 4 is 19.9 Å². The van der Waals surface area contributed by atoms with Crippen LogP contribution in [0.4, 0.5) is 4.39 Å². The van der Waals surface area contributed by atoms with Gasteiger partial charge in [-0.25, -0.2) is 21.2 Å². The summed E-state index contributed by atoms with van der Waals surface area (Å²) in [5, 5.41) is 8.79. The summed E-state index contributed by atoms with van der Waals surface area (Å²) in [6.07, 6.45) is 0.878. The minimum atomic E-state index is -4.36. The number of halogens is 1. The van der Waals surface area contributed by atoms with Gasteiger partial charge in [0, 0.05) is 6.26 Å². The molecule has 0 spiro atoms. The summed E-state index contributed by atoms with van der Waals surface area (Å²) < 4.78 is 62.4. The number of hydrogen-bond acceptors (Lipinski definition) is 5. The molecule has 1 rings (SSSR count). The Kier molecular flexibility index (Phi) is 4.24. The zero-order valence-corrected chi connectivity index (χ0v) is 12.6. The molecular weight excluding hydrogens is 307 g/mol. The molecule has 1 aromatic carbocycles. The Morgan fingerprint density at radius 1 is 1.25 bits per heavy atom. The first-order valence-corrected chi connectivity index (χ1v) is 8.71. The van der Waals surface area contributed by atoms with Crippen LogP contribution in [0.3, 0.4) is 0 Å². The van der Waals surface area contributed by atoms with E-state index >= 15 is 0 Å². The first-order valence-electron chi connectivity index (χ1n) is 5.34. The fourth-order valence-electron chi connectivity index (χ4n) is 1.33. The SMILES string of the molecule is CC(C)(C#N)NS(=O)(=O)c1cc(S(C)(=O)=O)ccc1F. The van der Waals surface area contributed by atoms with Gasteiger partial charge in [0.15, 0.2) is 9.84 Å². The highest BCUT2D eigenvalue weighted by Crippen LogP contribution is 2.21. The Balaban J connectivity index is 3.44. The van der Waals surface area contributed by atoms with Crippen LogP contribution in [0.25, 0.3) is 0 Å². The van der Waals surface area contributed by atoms with Gasteiger partial charge in [0.05, 0.1) is 11.0 Å². The maximum atomic E-state index is 13.6. The second-order valence-corrected chi connectivity index (χ2v) is 8.37. The molecule has 0 heterocycles. The highest BCUT2D eigenvalue weighted by molar-refractivity contribution is 7.91. The zero-order chi connectivity index (χ0) is 15.8. The van der Waals surface area contributed by atoms with Crippen LogP contribution in [-0.4, -0.2) is 28.6 Å². The summed E-state index contributed by atoms with van der Waals surface area (Å²) >= 11 is 0. The lowest BCUT2D eigenvalue weighted by Crippen LogP contribution is -2.42. The molecule has 0 bridgehead atoms. The van der Waals surface area contributed by atoms with Crippen molar-refractivity contribution in [2.45, 2.75) is 29.2 Å². The molecule has 0 aliphatic carbocycles. The normalized spacial score (nSPS) is 12.9. The molecule has 0 aromatic heterocycles. The van der Waals surface area contributed by atoms with Gasteiger partial charge < -0.3 is 0 Å². The lowest BCUT2D eigenvalue weighted by Gasteiger charge is -2.18. The minimum absolute atomic E-state index is 0.325. The standard InChI is InChI=1S/C11H13FN2O4S2/c1-11(2,7-13)14-20(17,18)10-6-8(19(3,15)16)4-5-9(10)12/h4-6,14H,1-3H3. The number of sulfonamides is 1. The van der Waals surface area contributed by atoms with E-state index in [0.717, 1.165) is 24.5 Å². The fourth-order valence-corrected chi connectivity index (χ4v) is 3.49. The number of nitriles is 1. The molecule has 1 aromatic rings. The molecule has 0 atom stereocenters. The third kappa shape index (κ3) is 3.75. The molecule has 9 heteroatoms. The van der Waals surface area contributed by atoms with Crippen molar-refractivity contribution in [1.29, 1.82) is 5.26 Å². The van der Waals surface area contributed by atoms with E-state index in [2.05, 4.69) is 0 Å². The largest absolute Gasteiger partial charge is 0.244 e. The monoisotopic (exact) mass is 320 g/mol. The molecule has 0 amide bonds. The van der Waals surface area contributed by atoms with Crippen LogP contribution in [0.2, 0.25) is 0 Å². The van der Waals surface area contributed by atoms with Crippen LogP contribution in [-0.2, 0) is 19.9 Å². The van der Waals surface area contributed by atoms with Gasteiger partial charge in [0.25, 0.3) is 0 Å². The topological polar surface area (TPSA) is 104 Å². The summed E-state index contributed by atoms with van der Waals surface area (Å²) in [5.41, 5.74) is -1.45. The van der Waals surface area contributed by atoms with Crippen LogP contribution in [0.15, 0.2) is 28.0 Å². The van der Waals surface area contributed by atoms with E-state index in [-0.39, 0.29) is 4.90 Å². The summed E-state index contributed by atoms with van der Waals surface area (Å²) in [6, 6.07) is 4.15. The average Bonchev–Trinajstić information content (AvgIpc) is 2.26. The van der Waals surface area contributed by atoms with Crippen LogP contribution < -0.4 is 4.72 Å². The smallest absolute Gasteiger partial charge is 0.224 e. The molecule has 0 saturated carbocycles. The van der Waals surface area contributed by atoms with Crippen molar-refractivity contribution in [1.82, 2.24) is 4.72 Å². The zero-order valence-electron chi connectivity index (χ0n) is 11.0. The highest BCUT2D eigenvalue weighted by Gasteiger charge is 2.29. The lowest BCUT2D eigenvalue weighted by atomic mass is 10.1. The Hall–Kier alpha value is -1.50. The second-order valence-electron chi connectivity index (χ2n) is 4.71. The van der Waals surface area contributed by atoms with Gasteiger partial charge in [-0.2, -0.15) is 9.98 Å². The Labute approximate surface area is 117 Å². The molecule has 6 nitrogen and oxygen atoms in total. The van der Waals surface area contributed by atoms with Gasteiger partial charge in [-0.15, -0.1) is 0 Å². The molecule has 0 saturated heterocycles. The van der Waals surface area contributed by atoms with Crippen molar-refractivity contribution < 1.29 is 21.2 Å². The van der Waals surface area contributed by atoms with Gasteiger partial charge >= 0.3 is 0 Å². The summed E-state index contributed by atoms with van der Waals surface area (Å²) in [6.45, 7) is 2.59. The summed E-state index contributed by atoms with van der Waals surface area (Å²) in [5.74, 6) is -1.10. The molecule has 0 aliphatic rings. The Bertz CT molecular complexity index is 777. The molecule has 20 heavy (non-hydrogen) atoms. The summed E-state index contributed by atoms with van der Waals surface area (Å²) in [4.78, 5) is -1.14. The fraction of sp³-hybridized carbons (Fsp3) is 0.364. The number of hydrogen-bond donors (Lipinski definition) is 1. The molecule has 0 radical (unpaired) electrons. The van der Waals surface area contributed by atoms with Crippen molar-refractivity contribution in [2.24, 2.45) is 0 Å². The third-order valence-electron chi connectivity index (χ3n) is 2.29. The van der Waals surface area contributed by atoms with Gasteiger partial charge in [0.2, 0.25) is 10.0 Å². The van der Waals surface area contributed by atoms with Crippen LogP contribution in [0, 0.1) is 17.1 Å². The van der Waals surface area contributed by atoms with Crippen LogP contribution in [0.1, 0.15) is 13.8 Å². The maximum Gasteiger partial charge on any atom is 0.244 e. The van der Waals surface area contributed by atoms with Crippen molar-refractivity contribution in [3.05, 3.63) is 24.0 Å². The van der Waals surface area contributed by atoms with Crippen molar-refractivity contribution in [2.75, 3.05) is 6.26 Å². The Morgan fingerprint density at radius 2 is 1.80 bits per heavy atom. The van der Waals surface area contributed by atoms with E-state index in [1.807, 2.05) is 4.72 Å². The van der Waals surface area contributed by atoms with Gasteiger partial charge in [-0.1, -0.05) is 0 Å². The quantitative estimate of drug-likeness (QED) is 0.827. The number of benzene rings is 1. The predicted molar refractivity (Wildman–Crippen MR) is 69.5 cm³/mol. The molecule has 110 valence electrons. The van der Waals surface area contributed by atoms with Gasteiger partial charge in [-0.05, 0) is 32.0 Å².